The van der Waals surface area contributed by atoms with Gasteiger partial charge >= 0.3 is 0 Å². The lowest BCUT2D eigenvalue weighted by Gasteiger charge is -2.11. The lowest BCUT2D eigenvalue weighted by atomic mass is 10.2. The Bertz CT molecular complexity index is 1080. The van der Waals surface area contributed by atoms with E-state index in [9.17, 15) is 18.5 Å². The Kier molecular flexibility index (Phi) is 5.81. The van der Waals surface area contributed by atoms with Crippen molar-refractivity contribution in [1.82, 2.24) is 14.8 Å². The third-order valence-electron chi connectivity index (χ3n) is 4.10. The van der Waals surface area contributed by atoms with E-state index in [2.05, 4.69) is 10.2 Å². The molecule has 2 aromatic carbocycles. The largest absolute Gasteiger partial charge is 0.330 e. The van der Waals surface area contributed by atoms with Gasteiger partial charge in [-0.05, 0) is 17.7 Å². The van der Waals surface area contributed by atoms with Crippen LogP contribution in [0.4, 0.5) is 5.69 Å². The molecule has 146 valence electrons. The number of hydrogen-bond acceptors (Lipinski definition) is 7. The second-order valence-corrected chi connectivity index (χ2v) is 8.08. The molecule has 28 heavy (non-hydrogen) atoms. The van der Waals surface area contributed by atoms with E-state index in [0.717, 1.165) is 5.56 Å². The van der Waals surface area contributed by atoms with Crippen LogP contribution in [0.1, 0.15) is 17.0 Å². The van der Waals surface area contributed by atoms with Gasteiger partial charge in [-0.3, -0.25) is 14.7 Å². The van der Waals surface area contributed by atoms with Crippen molar-refractivity contribution in [1.29, 1.82) is 0 Å². The van der Waals surface area contributed by atoms with Crippen molar-refractivity contribution in [2.45, 2.75) is 23.9 Å². The summed E-state index contributed by atoms with van der Waals surface area (Å²) >= 11 is 0. The number of nitro groups is 1. The fraction of sp³-hybridized carbons (Fsp3) is 0.222. The topological polar surface area (TPSA) is 134 Å². The van der Waals surface area contributed by atoms with Crippen LogP contribution in [0, 0.1) is 10.1 Å². The van der Waals surface area contributed by atoms with E-state index in [1.165, 1.54) is 28.8 Å². The van der Waals surface area contributed by atoms with Crippen molar-refractivity contribution in [3.63, 3.8) is 0 Å². The van der Waals surface area contributed by atoms with E-state index in [1.54, 1.807) is 0 Å². The molecule has 0 aliphatic carbocycles. The number of benzene rings is 2. The first-order valence-electron chi connectivity index (χ1n) is 8.53. The molecule has 9 nitrogen and oxygen atoms in total. The number of rotatable bonds is 8. The molecule has 0 amide bonds. The van der Waals surface area contributed by atoms with Crippen LogP contribution in [-0.2, 0) is 28.6 Å². The van der Waals surface area contributed by atoms with E-state index in [0.29, 0.717) is 24.4 Å². The minimum absolute atomic E-state index is 0.165. The molecule has 0 aliphatic rings. The molecule has 0 unspecified atom stereocenters. The van der Waals surface area contributed by atoms with Crippen LogP contribution < -0.4 is 5.73 Å². The van der Waals surface area contributed by atoms with Gasteiger partial charge in [0.25, 0.3) is 5.69 Å². The lowest BCUT2D eigenvalue weighted by molar-refractivity contribution is -0.384. The monoisotopic (exact) mass is 401 g/mol. The van der Waals surface area contributed by atoms with Gasteiger partial charge in [-0.2, -0.15) is 0 Å². The highest BCUT2D eigenvalue weighted by Crippen LogP contribution is 2.20. The molecule has 3 rings (SSSR count). The Morgan fingerprint density at radius 2 is 1.75 bits per heavy atom. The first-order valence-corrected chi connectivity index (χ1v) is 10.2. The quantitative estimate of drug-likeness (QED) is 0.448. The highest BCUT2D eigenvalue weighted by Gasteiger charge is 2.25. The summed E-state index contributed by atoms with van der Waals surface area (Å²) in [6.45, 7) is 0.588. The van der Waals surface area contributed by atoms with Gasteiger partial charge < -0.3 is 5.73 Å². The normalized spacial score (nSPS) is 11.5. The van der Waals surface area contributed by atoms with E-state index < -0.39 is 20.5 Å². The molecule has 2 N–H and O–H groups in total. The summed E-state index contributed by atoms with van der Waals surface area (Å²) in [5.41, 5.74) is 6.66. The Morgan fingerprint density at radius 1 is 1.04 bits per heavy atom. The van der Waals surface area contributed by atoms with Crippen molar-refractivity contribution in [2.24, 2.45) is 5.73 Å². The van der Waals surface area contributed by atoms with Crippen molar-refractivity contribution in [2.75, 3.05) is 6.54 Å². The number of aromatic nitrogens is 3. The second kappa shape index (κ2) is 8.28. The molecule has 1 aromatic heterocycles. The smallest absolute Gasteiger partial charge is 0.269 e. The molecule has 0 aliphatic heterocycles. The third kappa shape index (κ3) is 4.41. The van der Waals surface area contributed by atoms with Crippen LogP contribution in [0.2, 0.25) is 0 Å². The van der Waals surface area contributed by atoms with Gasteiger partial charge in [0.1, 0.15) is 5.82 Å². The maximum absolute atomic E-state index is 13.0. The molecule has 0 atom stereocenters. The molecular formula is C18H19N5O4S. The summed E-state index contributed by atoms with van der Waals surface area (Å²) in [4.78, 5) is 10.4. The van der Waals surface area contributed by atoms with Crippen molar-refractivity contribution >= 4 is 15.5 Å². The average molecular weight is 401 g/mol. The lowest BCUT2D eigenvalue weighted by Crippen LogP contribution is -2.17. The van der Waals surface area contributed by atoms with Gasteiger partial charge in [0.15, 0.2) is 0 Å². The fourth-order valence-electron chi connectivity index (χ4n) is 2.83. The second-order valence-electron chi connectivity index (χ2n) is 6.20. The number of sulfone groups is 1. The summed E-state index contributed by atoms with van der Waals surface area (Å²) in [7, 11) is -3.88. The third-order valence-corrected chi connectivity index (χ3v) is 5.67. The average Bonchev–Trinajstić information content (AvgIpc) is 3.06. The van der Waals surface area contributed by atoms with Gasteiger partial charge in [0.2, 0.25) is 15.0 Å². The predicted octanol–water partition coefficient (Wildman–Crippen LogP) is 1.71. The highest BCUT2D eigenvalue weighted by atomic mass is 32.2. The van der Waals surface area contributed by atoms with Crippen LogP contribution in [0.3, 0.4) is 0 Å². The zero-order chi connectivity index (χ0) is 20.1. The summed E-state index contributed by atoms with van der Waals surface area (Å²) in [5, 5.41) is 18.7. The first kappa shape index (κ1) is 19.6. The minimum atomic E-state index is -3.88. The van der Waals surface area contributed by atoms with Gasteiger partial charge in [-0.15, -0.1) is 10.2 Å². The number of nitrogens with zero attached hydrogens (tertiary/aromatic N) is 4. The van der Waals surface area contributed by atoms with Crippen molar-refractivity contribution in [3.8, 4) is 0 Å². The van der Waals surface area contributed by atoms with E-state index >= 15 is 0 Å². The maximum atomic E-state index is 13.0. The molecule has 0 saturated heterocycles. The van der Waals surface area contributed by atoms with Gasteiger partial charge in [-0.1, -0.05) is 42.5 Å². The van der Waals surface area contributed by atoms with Gasteiger partial charge in [0.05, 0.1) is 17.2 Å². The molecule has 10 heteroatoms. The van der Waals surface area contributed by atoms with Gasteiger partial charge in [-0.25, -0.2) is 8.42 Å². The molecular weight excluding hydrogens is 382 g/mol. The Morgan fingerprint density at radius 3 is 2.43 bits per heavy atom. The Balaban J connectivity index is 1.97. The van der Waals surface area contributed by atoms with Gasteiger partial charge in [0, 0.05) is 18.6 Å². The SMILES string of the molecule is NCCc1nnc(S(=O)(=O)Cc2cccc([N+](=O)[O-])c2)n1Cc1ccccc1. The summed E-state index contributed by atoms with van der Waals surface area (Å²) in [6.07, 6.45) is 0.381. The standard InChI is InChI=1S/C18H19N5O4S/c19-10-9-17-20-21-18(22(17)12-14-5-2-1-3-6-14)28(26,27)13-15-7-4-8-16(11-15)23(24)25/h1-8,11H,9-10,12-13,19H2. The van der Waals surface area contributed by atoms with Crippen LogP contribution in [0.5, 0.6) is 0 Å². The summed E-state index contributed by atoms with van der Waals surface area (Å²) in [5.74, 6) is 0.0634. The number of nitrogens with two attached hydrogens (primary N) is 1. The minimum Gasteiger partial charge on any atom is -0.330 e. The molecule has 0 saturated carbocycles. The molecule has 0 radical (unpaired) electrons. The van der Waals surface area contributed by atoms with Crippen LogP contribution in [0.15, 0.2) is 59.8 Å². The number of non-ortho nitro benzene ring substituents is 1. The molecule has 1 heterocycles. The predicted molar refractivity (Wildman–Crippen MR) is 102 cm³/mol. The van der Waals surface area contributed by atoms with Crippen LogP contribution in [-0.4, -0.2) is 34.7 Å². The Labute approximate surface area is 161 Å². The van der Waals surface area contributed by atoms with E-state index in [1.807, 2.05) is 30.3 Å². The van der Waals surface area contributed by atoms with Crippen LogP contribution >= 0.6 is 0 Å². The molecule has 0 bridgehead atoms. The zero-order valence-electron chi connectivity index (χ0n) is 14.9. The zero-order valence-corrected chi connectivity index (χ0v) is 15.7. The molecule has 0 spiro atoms. The van der Waals surface area contributed by atoms with E-state index in [4.69, 9.17) is 5.73 Å². The van der Waals surface area contributed by atoms with Crippen molar-refractivity contribution < 1.29 is 13.3 Å². The molecule has 0 fully saturated rings. The number of hydrogen-bond donors (Lipinski definition) is 1. The summed E-state index contributed by atoms with van der Waals surface area (Å²) < 4.78 is 27.5. The maximum Gasteiger partial charge on any atom is 0.269 e. The summed E-state index contributed by atoms with van der Waals surface area (Å²) in [6, 6.07) is 14.9. The number of nitro benzene ring substituents is 1. The van der Waals surface area contributed by atoms with Crippen molar-refractivity contribution in [3.05, 3.63) is 81.7 Å². The molecule has 3 aromatic rings. The van der Waals surface area contributed by atoms with Crippen LogP contribution in [0.25, 0.3) is 0 Å². The Hall–Kier alpha value is -3.11. The first-order chi connectivity index (χ1) is 13.4. The van der Waals surface area contributed by atoms with E-state index in [-0.39, 0.29) is 17.4 Å². The highest BCUT2D eigenvalue weighted by molar-refractivity contribution is 7.90. The fourth-order valence-corrected chi connectivity index (χ4v) is 4.25.